The number of unbranched alkanes of at least 4 members (excludes halogenated alkanes) is 2. The Bertz CT molecular complexity index is 1010. The third kappa shape index (κ3) is 6.13. The van der Waals surface area contributed by atoms with Crippen molar-refractivity contribution in [1.82, 2.24) is 9.97 Å². The van der Waals surface area contributed by atoms with Crippen LogP contribution in [0.5, 0.6) is 0 Å². The molecule has 2 unspecified atom stereocenters. The van der Waals surface area contributed by atoms with Gasteiger partial charge >= 0.3 is 11.9 Å². The quantitative estimate of drug-likeness (QED) is 0.210. The highest BCUT2D eigenvalue weighted by Crippen LogP contribution is 2.37. The topological polar surface area (TPSA) is 78.4 Å². The van der Waals surface area contributed by atoms with E-state index in [4.69, 9.17) is 9.47 Å². The second-order valence-corrected chi connectivity index (χ2v) is 10.5. The highest BCUT2D eigenvalue weighted by molar-refractivity contribution is 7.25. The van der Waals surface area contributed by atoms with Crippen LogP contribution >= 0.6 is 22.7 Å². The van der Waals surface area contributed by atoms with Gasteiger partial charge in [0.25, 0.3) is 0 Å². The largest absolute Gasteiger partial charge is 0.462 e. The molecular formula is C26H36N2O4S2. The van der Waals surface area contributed by atoms with Gasteiger partial charge in [0.1, 0.15) is 11.1 Å². The van der Waals surface area contributed by atoms with Gasteiger partial charge in [-0.2, -0.15) is 0 Å². The number of aromatic nitrogens is 2. The van der Waals surface area contributed by atoms with Crippen LogP contribution in [0.1, 0.15) is 99.8 Å². The number of thiazole rings is 2. The summed E-state index contributed by atoms with van der Waals surface area (Å²) in [6, 6.07) is 0. The molecule has 0 aliphatic rings. The van der Waals surface area contributed by atoms with Gasteiger partial charge in [0.2, 0.25) is 0 Å². The van der Waals surface area contributed by atoms with Gasteiger partial charge in [-0.05, 0) is 24.7 Å². The molecular weight excluding hydrogens is 468 g/mol. The van der Waals surface area contributed by atoms with E-state index >= 15 is 0 Å². The molecule has 0 spiro atoms. The summed E-state index contributed by atoms with van der Waals surface area (Å²) in [4.78, 5) is 35.7. The summed E-state index contributed by atoms with van der Waals surface area (Å²) in [5, 5.41) is 0. The summed E-state index contributed by atoms with van der Waals surface area (Å²) >= 11 is 2.89. The van der Waals surface area contributed by atoms with Crippen LogP contribution in [0.3, 0.4) is 0 Å². The van der Waals surface area contributed by atoms with Gasteiger partial charge in [-0.3, -0.25) is 0 Å². The summed E-state index contributed by atoms with van der Waals surface area (Å²) in [6.07, 6.45) is 8.34. The Kier molecular flexibility index (Phi) is 10.3. The molecule has 0 amide bonds. The van der Waals surface area contributed by atoms with E-state index in [0.717, 1.165) is 60.8 Å². The second kappa shape index (κ2) is 13.1. The van der Waals surface area contributed by atoms with Crippen LogP contribution in [0, 0.1) is 11.8 Å². The Labute approximate surface area is 210 Å². The molecule has 186 valence electrons. The fraction of sp³-hybridized carbons (Fsp3) is 0.615. The highest BCUT2D eigenvalue weighted by Gasteiger charge is 2.30. The molecule has 0 fully saturated rings. The predicted octanol–water partition coefficient (Wildman–Crippen LogP) is 7.65. The third-order valence-corrected chi connectivity index (χ3v) is 8.28. The van der Waals surface area contributed by atoms with Crippen LogP contribution in [0.4, 0.5) is 0 Å². The van der Waals surface area contributed by atoms with Crippen molar-refractivity contribution in [2.24, 2.45) is 11.8 Å². The average Bonchev–Trinajstić information content (AvgIpc) is 3.52. The standard InChI is InChI=1S/C26H36N2O4S2/c1-5-9-11-17(7-3)13-31-25(29)19-20(26(30)32-14-18(8-4)12-10-6-2)22-24(34-16-28-22)23-21(19)27-15-33-23/h15-18H,5-14H2,1-4H3. The van der Waals surface area contributed by atoms with Gasteiger partial charge in [0, 0.05) is 0 Å². The number of ether oxygens (including phenoxy) is 2. The average molecular weight is 505 g/mol. The minimum atomic E-state index is -0.522. The van der Waals surface area contributed by atoms with Gasteiger partial charge in [-0.15, -0.1) is 22.7 Å². The lowest BCUT2D eigenvalue weighted by Crippen LogP contribution is -2.20. The first-order valence-corrected chi connectivity index (χ1v) is 14.3. The molecule has 2 aromatic heterocycles. The first kappa shape index (κ1) is 26.5. The smallest absolute Gasteiger partial charge is 0.341 e. The lowest BCUT2D eigenvalue weighted by molar-refractivity contribution is 0.0385. The maximum atomic E-state index is 13.4. The van der Waals surface area contributed by atoms with E-state index in [1.54, 1.807) is 11.0 Å². The number of carbonyl (C=O) groups excluding carboxylic acids is 2. The van der Waals surface area contributed by atoms with Crippen LogP contribution in [-0.4, -0.2) is 35.1 Å². The molecule has 0 bridgehead atoms. The van der Waals surface area contributed by atoms with Gasteiger partial charge < -0.3 is 9.47 Å². The maximum absolute atomic E-state index is 13.4. The predicted molar refractivity (Wildman–Crippen MR) is 140 cm³/mol. The molecule has 0 radical (unpaired) electrons. The van der Waals surface area contributed by atoms with Crippen molar-refractivity contribution < 1.29 is 19.1 Å². The van der Waals surface area contributed by atoms with Crippen molar-refractivity contribution in [1.29, 1.82) is 0 Å². The van der Waals surface area contributed by atoms with E-state index in [1.807, 2.05) is 0 Å². The van der Waals surface area contributed by atoms with Gasteiger partial charge in [-0.25, -0.2) is 19.6 Å². The van der Waals surface area contributed by atoms with E-state index < -0.39 is 11.9 Å². The second-order valence-electron chi connectivity index (χ2n) is 8.84. The summed E-state index contributed by atoms with van der Waals surface area (Å²) < 4.78 is 13.2. The number of esters is 2. The normalized spacial score (nSPS) is 13.3. The minimum Gasteiger partial charge on any atom is -0.462 e. The zero-order valence-corrected chi connectivity index (χ0v) is 22.4. The molecule has 2 heterocycles. The molecule has 34 heavy (non-hydrogen) atoms. The van der Waals surface area contributed by atoms with Crippen LogP contribution in [-0.2, 0) is 9.47 Å². The van der Waals surface area contributed by atoms with Gasteiger partial charge in [0.05, 0.1) is 44.7 Å². The number of rotatable bonds is 14. The molecule has 0 aliphatic carbocycles. The molecule has 0 saturated carbocycles. The summed E-state index contributed by atoms with van der Waals surface area (Å²) in [7, 11) is 0. The number of hydrogen-bond donors (Lipinski definition) is 0. The van der Waals surface area contributed by atoms with Crippen LogP contribution < -0.4 is 0 Å². The summed E-state index contributed by atoms with van der Waals surface area (Å²) in [5.41, 5.74) is 4.77. The molecule has 3 rings (SSSR count). The van der Waals surface area contributed by atoms with E-state index in [2.05, 4.69) is 37.7 Å². The van der Waals surface area contributed by atoms with Crippen molar-refractivity contribution in [2.45, 2.75) is 79.1 Å². The molecule has 3 aromatic rings. The Morgan fingerprint density at radius 3 is 1.53 bits per heavy atom. The molecule has 0 N–H and O–H groups in total. The molecule has 8 heteroatoms. The number of hydrogen-bond acceptors (Lipinski definition) is 8. The van der Waals surface area contributed by atoms with Crippen molar-refractivity contribution in [3.05, 3.63) is 22.1 Å². The summed E-state index contributed by atoms with van der Waals surface area (Å²) in [5.74, 6) is -0.439. The Morgan fingerprint density at radius 2 is 1.18 bits per heavy atom. The van der Waals surface area contributed by atoms with Crippen LogP contribution in [0.25, 0.3) is 20.4 Å². The SMILES string of the molecule is CCCCC(CC)COC(=O)c1c(C(=O)OCC(CC)CCCC)c2ncsc2c2scnc12. The maximum Gasteiger partial charge on any atom is 0.341 e. The van der Waals surface area contributed by atoms with E-state index in [-0.39, 0.29) is 11.1 Å². The number of nitrogens with zero attached hydrogens (tertiary/aromatic N) is 2. The lowest BCUT2D eigenvalue weighted by Gasteiger charge is -2.17. The van der Waals surface area contributed by atoms with Crippen molar-refractivity contribution in [3.8, 4) is 0 Å². The minimum absolute atomic E-state index is 0.187. The zero-order valence-electron chi connectivity index (χ0n) is 20.7. The third-order valence-electron chi connectivity index (χ3n) is 6.46. The molecule has 2 atom stereocenters. The Morgan fingerprint density at radius 1 is 0.765 bits per heavy atom. The lowest BCUT2D eigenvalue weighted by atomic mass is 10.00. The number of fused-ring (bicyclic) bond motifs is 3. The van der Waals surface area contributed by atoms with Crippen LogP contribution in [0.2, 0.25) is 0 Å². The first-order chi connectivity index (χ1) is 16.5. The fourth-order valence-electron chi connectivity index (χ4n) is 4.13. The Hall–Kier alpha value is -2.06. The van der Waals surface area contributed by atoms with Crippen molar-refractivity contribution in [3.63, 3.8) is 0 Å². The highest BCUT2D eigenvalue weighted by atomic mass is 32.1. The molecule has 0 saturated heterocycles. The van der Waals surface area contributed by atoms with E-state index in [0.29, 0.717) is 36.1 Å². The zero-order chi connectivity index (χ0) is 24.5. The molecule has 1 aromatic carbocycles. The van der Waals surface area contributed by atoms with E-state index in [1.165, 1.54) is 22.7 Å². The molecule has 6 nitrogen and oxygen atoms in total. The number of benzene rings is 1. The van der Waals surface area contributed by atoms with Crippen molar-refractivity contribution >= 4 is 55.0 Å². The van der Waals surface area contributed by atoms with E-state index in [9.17, 15) is 9.59 Å². The van der Waals surface area contributed by atoms with Gasteiger partial charge in [-0.1, -0.05) is 66.2 Å². The van der Waals surface area contributed by atoms with Gasteiger partial charge in [0.15, 0.2) is 0 Å². The number of carbonyl (C=O) groups is 2. The Balaban J connectivity index is 1.93. The summed E-state index contributed by atoms with van der Waals surface area (Å²) in [6.45, 7) is 9.20. The molecule has 0 aliphatic heterocycles. The monoisotopic (exact) mass is 504 g/mol. The first-order valence-electron chi connectivity index (χ1n) is 12.5. The fourth-order valence-corrected chi connectivity index (χ4v) is 5.89. The van der Waals surface area contributed by atoms with Crippen LogP contribution in [0.15, 0.2) is 11.0 Å². The van der Waals surface area contributed by atoms with Crippen molar-refractivity contribution in [2.75, 3.05) is 13.2 Å².